The Morgan fingerprint density at radius 2 is 0.892 bits per heavy atom. The van der Waals surface area contributed by atoms with E-state index >= 15 is 0 Å². The summed E-state index contributed by atoms with van der Waals surface area (Å²) in [4.78, 5) is 18.9. The van der Waals surface area contributed by atoms with Crippen LogP contribution in [-0.4, -0.2) is 12.7 Å². The van der Waals surface area contributed by atoms with Crippen LogP contribution in [0.15, 0.2) is 79.1 Å². The molecule has 0 unspecified atom stereocenters. The summed E-state index contributed by atoms with van der Waals surface area (Å²) in [6.07, 6.45) is 4.25. The van der Waals surface area contributed by atoms with Crippen LogP contribution in [0, 0.1) is 0 Å². The van der Waals surface area contributed by atoms with Crippen molar-refractivity contribution in [3.8, 4) is 0 Å². The van der Waals surface area contributed by atoms with Crippen molar-refractivity contribution >= 4 is 24.0 Å². The molecule has 192 valence electrons. The zero-order valence-electron chi connectivity index (χ0n) is 23.7. The summed E-state index contributed by atoms with van der Waals surface area (Å²) in [7, 11) is 0. The van der Waals surface area contributed by atoms with Gasteiger partial charge in [-0.3, -0.25) is 0 Å². The number of hydrogen-bond acceptors (Lipinski definition) is 3. The maximum Gasteiger partial charge on any atom is 0.464 e. The molecule has 0 fully saturated rings. The Kier molecular flexibility index (Phi) is 7.97. The molecule has 0 amide bonds. The third-order valence-electron chi connectivity index (χ3n) is 7.41. The van der Waals surface area contributed by atoms with Crippen molar-refractivity contribution in [3.05, 3.63) is 107 Å². The van der Waals surface area contributed by atoms with Crippen molar-refractivity contribution in [3.63, 3.8) is 0 Å². The van der Waals surface area contributed by atoms with Crippen molar-refractivity contribution in [2.24, 2.45) is 0 Å². The van der Waals surface area contributed by atoms with Crippen LogP contribution in [-0.2, 0) is 0 Å². The van der Waals surface area contributed by atoms with Crippen LogP contribution < -0.4 is 9.62 Å². The standard InChI is InChI=1S/C33H41BN2O/c1-22(2)27-16-12-17-28(23(3)4)31(27)35-20-21-36(34(35)33(37)26-14-10-9-11-15-26)32-29(24(5)6)18-13-19-30(32)25(7)8/h9-25H,1-8H3. The summed E-state index contributed by atoms with van der Waals surface area (Å²) < 4.78 is 0. The second-order valence-electron chi connectivity index (χ2n) is 11.4. The number of carbonyl (C=O) groups excluding carboxylic acids is 1. The highest BCUT2D eigenvalue weighted by Gasteiger charge is 2.44. The lowest BCUT2D eigenvalue weighted by Crippen LogP contribution is -2.52. The van der Waals surface area contributed by atoms with Crippen LogP contribution in [0.3, 0.4) is 0 Å². The Balaban J connectivity index is 1.98. The molecule has 3 nitrogen and oxygen atoms in total. The molecule has 0 N–H and O–H groups in total. The highest BCUT2D eigenvalue weighted by Crippen LogP contribution is 2.42. The number of para-hydroxylation sites is 2. The van der Waals surface area contributed by atoms with E-state index in [0.717, 1.165) is 16.9 Å². The zero-order valence-corrected chi connectivity index (χ0v) is 23.7. The van der Waals surface area contributed by atoms with E-state index in [4.69, 9.17) is 0 Å². The summed E-state index contributed by atoms with van der Waals surface area (Å²) in [5.41, 5.74) is 8.23. The molecule has 3 aromatic carbocycles. The molecule has 0 spiro atoms. The number of benzene rings is 3. The lowest BCUT2D eigenvalue weighted by molar-refractivity contribution is 0.107. The molecule has 1 aliphatic heterocycles. The van der Waals surface area contributed by atoms with Gasteiger partial charge in [0.1, 0.15) is 0 Å². The monoisotopic (exact) mass is 492 g/mol. The molecule has 4 heteroatoms. The van der Waals surface area contributed by atoms with E-state index in [9.17, 15) is 4.79 Å². The van der Waals surface area contributed by atoms with Crippen molar-refractivity contribution in [2.75, 3.05) is 9.62 Å². The molecule has 0 bridgehead atoms. The van der Waals surface area contributed by atoms with E-state index in [0.29, 0.717) is 23.7 Å². The Morgan fingerprint density at radius 1 is 0.541 bits per heavy atom. The van der Waals surface area contributed by atoms with E-state index in [1.807, 2.05) is 30.3 Å². The molecule has 0 saturated carbocycles. The first-order valence-corrected chi connectivity index (χ1v) is 13.7. The van der Waals surface area contributed by atoms with Crippen molar-refractivity contribution in [2.45, 2.75) is 79.1 Å². The van der Waals surface area contributed by atoms with E-state index in [1.165, 1.54) is 22.3 Å². The number of carbonyl (C=O) groups is 1. The van der Waals surface area contributed by atoms with Gasteiger partial charge in [0.25, 0.3) is 0 Å². The predicted molar refractivity (Wildman–Crippen MR) is 160 cm³/mol. The fraction of sp³-hybridized carbons (Fsp3) is 0.364. The fourth-order valence-electron chi connectivity index (χ4n) is 5.46. The van der Waals surface area contributed by atoms with Gasteiger partial charge in [-0.05, 0) is 45.9 Å². The Morgan fingerprint density at radius 3 is 1.22 bits per heavy atom. The minimum Gasteiger partial charge on any atom is -0.364 e. The molecule has 4 rings (SSSR count). The highest BCUT2D eigenvalue weighted by atomic mass is 16.1. The molecule has 1 aliphatic rings. The van der Waals surface area contributed by atoms with Gasteiger partial charge in [-0.25, -0.2) is 0 Å². The van der Waals surface area contributed by atoms with E-state index in [2.05, 4.69) is 114 Å². The topological polar surface area (TPSA) is 23.6 Å². The van der Waals surface area contributed by atoms with Gasteiger partial charge in [-0.1, -0.05) is 122 Å². The van der Waals surface area contributed by atoms with E-state index < -0.39 is 6.98 Å². The Bertz CT molecular complexity index is 1150. The lowest BCUT2D eigenvalue weighted by atomic mass is 9.63. The maximum absolute atomic E-state index is 14.4. The third kappa shape index (κ3) is 5.12. The van der Waals surface area contributed by atoms with Gasteiger partial charge < -0.3 is 14.4 Å². The first-order chi connectivity index (χ1) is 17.6. The van der Waals surface area contributed by atoms with Crippen molar-refractivity contribution in [1.82, 2.24) is 0 Å². The molecule has 0 saturated heterocycles. The van der Waals surface area contributed by atoms with Gasteiger partial charge in [0, 0.05) is 29.3 Å². The summed E-state index contributed by atoms with van der Waals surface area (Å²) in [5, 5.41) is 0. The summed E-state index contributed by atoms with van der Waals surface area (Å²) >= 11 is 0. The average Bonchev–Trinajstić information content (AvgIpc) is 3.32. The zero-order chi connectivity index (χ0) is 26.9. The quantitative estimate of drug-likeness (QED) is 0.293. The summed E-state index contributed by atoms with van der Waals surface area (Å²) in [5.74, 6) is 1.33. The van der Waals surface area contributed by atoms with Crippen LogP contribution in [0.4, 0.5) is 11.4 Å². The highest BCUT2D eigenvalue weighted by molar-refractivity contribution is 6.98. The van der Waals surface area contributed by atoms with Gasteiger partial charge in [0.2, 0.25) is 0 Å². The normalized spacial score (nSPS) is 13.7. The molecule has 0 aromatic heterocycles. The average molecular weight is 493 g/mol. The van der Waals surface area contributed by atoms with Gasteiger partial charge in [0.15, 0.2) is 5.68 Å². The molecular formula is C33H41BN2O. The second-order valence-corrected chi connectivity index (χ2v) is 11.4. The lowest BCUT2D eigenvalue weighted by Gasteiger charge is -2.35. The minimum absolute atomic E-state index is 0.104. The Hall–Kier alpha value is -3.27. The molecular weight excluding hydrogens is 451 g/mol. The molecule has 37 heavy (non-hydrogen) atoms. The summed E-state index contributed by atoms with van der Waals surface area (Å²) in [6, 6.07) is 22.9. The van der Waals surface area contributed by atoms with Gasteiger partial charge in [-0.2, -0.15) is 0 Å². The molecule has 1 heterocycles. The van der Waals surface area contributed by atoms with Crippen LogP contribution >= 0.6 is 0 Å². The van der Waals surface area contributed by atoms with Crippen LogP contribution in [0.2, 0.25) is 0 Å². The SMILES string of the molecule is CC(C)c1cccc(C(C)C)c1N1C=CN(c2c(C(C)C)cccc2C(C)C)B1C(=O)c1ccccc1. The van der Waals surface area contributed by atoms with E-state index in [-0.39, 0.29) is 5.68 Å². The molecule has 3 aromatic rings. The van der Waals surface area contributed by atoms with Crippen LogP contribution in [0.1, 0.15) is 112 Å². The third-order valence-corrected chi connectivity index (χ3v) is 7.41. The Labute approximate surface area is 224 Å². The van der Waals surface area contributed by atoms with Gasteiger partial charge >= 0.3 is 6.98 Å². The first kappa shape index (κ1) is 26.8. The summed E-state index contributed by atoms with van der Waals surface area (Å²) in [6.45, 7) is 17.4. The largest absolute Gasteiger partial charge is 0.464 e. The molecule has 0 aliphatic carbocycles. The predicted octanol–water partition coefficient (Wildman–Crippen LogP) is 8.89. The first-order valence-electron chi connectivity index (χ1n) is 13.7. The van der Waals surface area contributed by atoms with Crippen LogP contribution in [0.5, 0.6) is 0 Å². The number of nitrogens with zero attached hydrogens (tertiary/aromatic N) is 2. The number of anilines is 2. The number of rotatable bonds is 8. The maximum atomic E-state index is 14.4. The van der Waals surface area contributed by atoms with E-state index in [1.54, 1.807) is 0 Å². The second kappa shape index (κ2) is 11.0. The van der Waals surface area contributed by atoms with Crippen LogP contribution in [0.25, 0.3) is 0 Å². The van der Waals surface area contributed by atoms with Crippen molar-refractivity contribution in [1.29, 1.82) is 0 Å². The van der Waals surface area contributed by atoms with Gasteiger partial charge in [0.05, 0.1) is 0 Å². The number of hydrogen-bond donors (Lipinski definition) is 0. The molecule has 0 radical (unpaired) electrons. The molecule has 0 atom stereocenters. The fourth-order valence-corrected chi connectivity index (χ4v) is 5.46. The smallest absolute Gasteiger partial charge is 0.364 e. The minimum atomic E-state index is -0.503. The van der Waals surface area contributed by atoms with Crippen molar-refractivity contribution < 1.29 is 4.79 Å². The van der Waals surface area contributed by atoms with Gasteiger partial charge in [-0.15, -0.1) is 0 Å².